The van der Waals surface area contributed by atoms with E-state index < -0.39 is 9.84 Å². The average molecular weight is 305 g/mol. The van der Waals surface area contributed by atoms with Crippen molar-refractivity contribution in [3.63, 3.8) is 0 Å². The minimum absolute atomic E-state index is 0.00523. The lowest BCUT2D eigenvalue weighted by Gasteiger charge is -2.26. The fourth-order valence-corrected chi connectivity index (χ4v) is 4.72. The second kappa shape index (κ2) is 5.64. The molecule has 0 radical (unpaired) electrons. The standard InChI is InChI=1S/C16H19NO3S/c18-16(11-12-5-1-2-6-12)17-14-9-10-21(19,20)15-8-4-3-7-13(14)15/h1,3-5,7-8,12,14H,2,6,9-11H2,(H,17,18). The highest BCUT2D eigenvalue weighted by Crippen LogP contribution is 2.32. The minimum Gasteiger partial charge on any atom is -0.349 e. The zero-order valence-corrected chi connectivity index (χ0v) is 12.6. The Bertz CT molecular complexity index is 679. The maximum atomic E-state index is 12.1. The number of fused-ring (bicyclic) bond motifs is 1. The molecule has 5 heteroatoms. The molecule has 0 aromatic heterocycles. The molecule has 1 aliphatic heterocycles. The number of hydrogen-bond acceptors (Lipinski definition) is 3. The first-order valence-corrected chi connectivity index (χ1v) is 8.99. The number of carbonyl (C=O) groups is 1. The quantitative estimate of drug-likeness (QED) is 0.872. The van der Waals surface area contributed by atoms with E-state index in [9.17, 15) is 13.2 Å². The molecule has 2 atom stereocenters. The van der Waals surface area contributed by atoms with Crippen LogP contribution in [0.3, 0.4) is 0 Å². The average Bonchev–Trinajstić information content (AvgIpc) is 2.95. The largest absolute Gasteiger partial charge is 0.349 e. The van der Waals surface area contributed by atoms with E-state index in [1.165, 1.54) is 0 Å². The van der Waals surface area contributed by atoms with Crippen LogP contribution >= 0.6 is 0 Å². The second-order valence-electron chi connectivity index (χ2n) is 5.74. The van der Waals surface area contributed by atoms with Crippen LogP contribution in [0.1, 0.15) is 37.3 Å². The Morgan fingerprint density at radius 3 is 2.81 bits per heavy atom. The first-order chi connectivity index (χ1) is 10.1. The fraction of sp³-hybridized carbons (Fsp3) is 0.438. The van der Waals surface area contributed by atoms with Gasteiger partial charge in [0.1, 0.15) is 0 Å². The van der Waals surface area contributed by atoms with Crippen molar-refractivity contribution in [1.82, 2.24) is 5.32 Å². The van der Waals surface area contributed by atoms with Gasteiger partial charge in [0.05, 0.1) is 16.7 Å². The lowest BCUT2D eigenvalue weighted by molar-refractivity contribution is -0.122. The molecule has 0 bridgehead atoms. The van der Waals surface area contributed by atoms with Crippen molar-refractivity contribution in [2.24, 2.45) is 5.92 Å². The van der Waals surface area contributed by atoms with Crippen molar-refractivity contribution in [3.8, 4) is 0 Å². The first kappa shape index (κ1) is 14.3. The highest BCUT2D eigenvalue weighted by Gasteiger charge is 2.30. The van der Waals surface area contributed by atoms with E-state index in [-0.39, 0.29) is 17.7 Å². The number of hydrogen-bond donors (Lipinski definition) is 1. The topological polar surface area (TPSA) is 63.2 Å². The monoisotopic (exact) mass is 305 g/mol. The third-order valence-corrected chi connectivity index (χ3v) is 6.01. The van der Waals surface area contributed by atoms with E-state index in [2.05, 4.69) is 17.5 Å². The zero-order valence-electron chi connectivity index (χ0n) is 11.8. The lowest BCUT2D eigenvalue weighted by atomic mass is 10.0. The van der Waals surface area contributed by atoms with E-state index in [1.54, 1.807) is 18.2 Å². The maximum absolute atomic E-state index is 12.1. The molecular weight excluding hydrogens is 286 g/mol. The third-order valence-electron chi connectivity index (χ3n) is 4.20. The maximum Gasteiger partial charge on any atom is 0.221 e. The van der Waals surface area contributed by atoms with Crippen molar-refractivity contribution in [2.75, 3.05) is 5.75 Å². The van der Waals surface area contributed by atoms with Crippen LogP contribution < -0.4 is 5.32 Å². The highest BCUT2D eigenvalue weighted by atomic mass is 32.2. The number of benzene rings is 1. The molecule has 1 N–H and O–H groups in total. The van der Waals surface area contributed by atoms with Gasteiger partial charge in [-0.25, -0.2) is 8.42 Å². The number of carbonyl (C=O) groups excluding carboxylic acids is 1. The van der Waals surface area contributed by atoms with Gasteiger partial charge in [-0.05, 0) is 36.8 Å². The third kappa shape index (κ3) is 3.02. The molecule has 1 heterocycles. The van der Waals surface area contributed by atoms with Gasteiger partial charge >= 0.3 is 0 Å². The number of sulfone groups is 1. The Hall–Kier alpha value is -1.62. The van der Waals surface area contributed by atoms with Crippen molar-refractivity contribution >= 4 is 15.7 Å². The van der Waals surface area contributed by atoms with Crippen LogP contribution in [0, 0.1) is 5.92 Å². The Labute approximate surface area is 125 Å². The van der Waals surface area contributed by atoms with Crippen molar-refractivity contribution in [2.45, 2.75) is 36.6 Å². The lowest BCUT2D eigenvalue weighted by Crippen LogP contribution is -2.34. The van der Waals surface area contributed by atoms with Gasteiger partial charge in [-0.2, -0.15) is 0 Å². The van der Waals surface area contributed by atoms with Crippen LogP contribution in [0.2, 0.25) is 0 Å². The molecule has 0 fully saturated rings. The summed E-state index contributed by atoms with van der Waals surface area (Å²) in [4.78, 5) is 12.5. The minimum atomic E-state index is -3.20. The molecule has 0 saturated heterocycles. The van der Waals surface area contributed by atoms with Gasteiger partial charge in [0.2, 0.25) is 5.91 Å². The first-order valence-electron chi connectivity index (χ1n) is 7.34. The summed E-state index contributed by atoms with van der Waals surface area (Å²) < 4.78 is 24.1. The summed E-state index contributed by atoms with van der Waals surface area (Å²) in [5, 5.41) is 3.00. The molecule has 1 amide bonds. The normalized spacial score (nSPS) is 26.3. The van der Waals surface area contributed by atoms with Gasteiger partial charge in [-0.15, -0.1) is 0 Å². The molecule has 3 rings (SSSR count). The van der Waals surface area contributed by atoms with Crippen LogP contribution in [-0.2, 0) is 14.6 Å². The Morgan fingerprint density at radius 1 is 1.24 bits per heavy atom. The highest BCUT2D eigenvalue weighted by molar-refractivity contribution is 7.91. The molecule has 4 nitrogen and oxygen atoms in total. The summed E-state index contributed by atoms with van der Waals surface area (Å²) in [7, 11) is -3.20. The van der Waals surface area contributed by atoms with E-state index >= 15 is 0 Å². The Morgan fingerprint density at radius 2 is 2.05 bits per heavy atom. The Balaban J connectivity index is 1.74. The number of rotatable bonds is 3. The van der Waals surface area contributed by atoms with Crippen LogP contribution in [0.5, 0.6) is 0 Å². The van der Waals surface area contributed by atoms with Crippen molar-refractivity contribution in [3.05, 3.63) is 42.0 Å². The van der Waals surface area contributed by atoms with Gasteiger partial charge in [-0.3, -0.25) is 4.79 Å². The van der Waals surface area contributed by atoms with E-state index in [0.717, 1.165) is 18.4 Å². The molecule has 1 aromatic carbocycles. The Kier molecular flexibility index (Phi) is 3.85. The molecule has 0 saturated carbocycles. The molecule has 1 aromatic rings. The van der Waals surface area contributed by atoms with E-state index in [4.69, 9.17) is 0 Å². The molecule has 2 aliphatic rings. The predicted molar refractivity (Wildman–Crippen MR) is 80.5 cm³/mol. The number of amides is 1. The van der Waals surface area contributed by atoms with Crippen LogP contribution in [0.15, 0.2) is 41.3 Å². The summed E-state index contributed by atoms with van der Waals surface area (Å²) in [5.41, 5.74) is 0.721. The molecular formula is C16H19NO3S. The summed E-state index contributed by atoms with van der Waals surface area (Å²) in [5.74, 6) is 0.427. The number of nitrogens with one attached hydrogen (secondary N) is 1. The molecule has 1 aliphatic carbocycles. The van der Waals surface area contributed by atoms with Crippen LogP contribution in [0.4, 0.5) is 0 Å². The molecule has 21 heavy (non-hydrogen) atoms. The van der Waals surface area contributed by atoms with Gasteiger partial charge in [0.15, 0.2) is 9.84 Å². The SMILES string of the molecule is O=C(CC1C=CCC1)NC1CCS(=O)(=O)c2ccccc21. The smallest absolute Gasteiger partial charge is 0.221 e. The van der Waals surface area contributed by atoms with Gasteiger partial charge in [0.25, 0.3) is 0 Å². The summed E-state index contributed by atoms with van der Waals surface area (Å²) in [6.45, 7) is 0. The van der Waals surface area contributed by atoms with Crippen molar-refractivity contribution < 1.29 is 13.2 Å². The fourth-order valence-electron chi connectivity index (χ4n) is 3.10. The summed E-state index contributed by atoms with van der Waals surface area (Å²) >= 11 is 0. The van der Waals surface area contributed by atoms with Crippen molar-refractivity contribution in [1.29, 1.82) is 0 Å². The second-order valence-corrected chi connectivity index (χ2v) is 7.81. The van der Waals surface area contributed by atoms with Crippen LogP contribution in [-0.4, -0.2) is 20.1 Å². The molecule has 2 unspecified atom stereocenters. The molecule has 0 spiro atoms. The summed E-state index contributed by atoms with van der Waals surface area (Å²) in [6.07, 6.45) is 7.22. The zero-order chi connectivity index (χ0) is 14.9. The summed E-state index contributed by atoms with van der Waals surface area (Å²) in [6, 6.07) is 6.78. The predicted octanol–water partition coefficient (Wildman–Crippen LogP) is 2.38. The van der Waals surface area contributed by atoms with Gasteiger partial charge in [-0.1, -0.05) is 30.4 Å². The van der Waals surface area contributed by atoms with Gasteiger partial charge in [0, 0.05) is 6.42 Å². The van der Waals surface area contributed by atoms with Gasteiger partial charge < -0.3 is 5.32 Å². The molecule has 112 valence electrons. The van der Waals surface area contributed by atoms with Crippen LogP contribution in [0.25, 0.3) is 0 Å². The van der Waals surface area contributed by atoms with E-state index in [1.807, 2.05) is 6.07 Å². The van der Waals surface area contributed by atoms with E-state index in [0.29, 0.717) is 23.7 Å². The number of allylic oxidation sites excluding steroid dienone is 2.